The number of nitrogens with one attached hydrogen (secondary N) is 1. The van der Waals surface area contributed by atoms with Crippen molar-refractivity contribution in [1.82, 2.24) is 14.4 Å². The molecule has 34 heavy (non-hydrogen) atoms. The molecule has 1 aliphatic heterocycles. The Kier molecular flexibility index (Phi) is 7.49. The van der Waals surface area contributed by atoms with E-state index in [4.69, 9.17) is 4.52 Å². The largest absolute Gasteiger partial charge is 0.339 e. The lowest BCUT2D eigenvalue weighted by Crippen LogP contribution is -2.43. The van der Waals surface area contributed by atoms with Crippen LogP contribution in [0.2, 0.25) is 0 Å². The van der Waals surface area contributed by atoms with Gasteiger partial charge in [-0.05, 0) is 54.8 Å². The van der Waals surface area contributed by atoms with Gasteiger partial charge in [-0.2, -0.15) is 9.29 Å². The number of hydrogen-bond acceptors (Lipinski definition) is 6. The summed E-state index contributed by atoms with van der Waals surface area (Å²) in [6.45, 7) is 4.57. The van der Waals surface area contributed by atoms with E-state index in [0.29, 0.717) is 43.2 Å². The summed E-state index contributed by atoms with van der Waals surface area (Å²) in [5.74, 6) is 0.826. The predicted octanol–water partition coefficient (Wildman–Crippen LogP) is 4.59. The van der Waals surface area contributed by atoms with Crippen molar-refractivity contribution in [3.8, 4) is 0 Å². The zero-order valence-electron chi connectivity index (χ0n) is 19.1. The van der Waals surface area contributed by atoms with Crippen molar-refractivity contribution in [2.45, 2.75) is 43.9 Å². The van der Waals surface area contributed by atoms with Crippen LogP contribution in [0.1, 0.15) is 49.9 Å². The highest BCUT2D eigenvalue weighted by molar-refractivity contribution is 9.10. The third-order valence-corrected chi connectivity index (χ3v) is 8.18. The predicted molar refractivity (Wildman–Crippen MR) is 132 cm³/mol. The molecule has 10 heteroatoms. The van der Waals surface area contributed by atoms with E-state index in [9.17, 15) is 13.2 Å². The van der Waals surface area contributed by atoms with Gasteiger partial charge in [0.05, 0.1) is 10.8 Å². The van der Waals surface area contributed by atoms with Gasteiger partial charge in [-0.15, -0.1) is 0 Å². The number of sulfonamides is 1. The summed E-state index contributed by atoms with van der Waals surface area (Å²) >= 11 is 3.32. The molecule has 0 spiro atoms. The molecule has 1 N–H and O–H groups in total. The lowest BCUT2D eigenvalue weighted by Gasteiger charge is -2.31. The SMILES string of the molecule is CC(C)c1nc(Cc2ccc(NC(=O)[C@@H]3CCCN(S(=O)(=O)c4ccc(Br)cc4)C3)cc2)no1. The zero-order valence-corrected chi connectivity index (χ0v) is 21.5. The first-order chi connectivity index (χ1) is 16.2. The highest BCUT2D eigenvalue weighted by Gasteiger charge is 2.33. The molecule has 1 amide bonds. The maximum atomic E-state index is 13.0. The Morgan fingerprint density at radius 3 is 2.53 bits per heavy atom. The lowest BCUT2D eigenvalue weighted by atomic mass is 9.98. The Morgan fingerprint density at radius 1 is 1.18 bits per heavy atom. The van der Waals surface area contributed by atoms with E-state index in [1.54, 1.807) is 24.3 Å². The molecule has 0 radical (unpaired) electrons. The van der Waals surface area contributed by atoms with Crippen molar-refractivity contribution in [3.05, 3.63) is 70.3 Å². The first-order valence-electron chi connectivity index (χ1n) is 11.2. The molecule has 4 rings (SSSR count). The second kappa shape index (κ2) is 10.4. The third kappa shape index (κ3) is 5.73. The van der Waals surface area contributed by atoms with Gasteiger partial charge in [-0.3, -0.25) is 4.79 Å². The standard InChI is InChI=1S/C24H27BrN4O4S/c1-16(2)24-27-22(28-33-24)14-17-5-9-20(10-6-17)26-23(30)18-4-3-13-29(15-18)34(31,32)21-11-7-19(25)8-12-21/h5-12,16,18H,3-4,13-15H2,1-2H3,(H,26,30)/t18-/m1/s1. The summed E-state index contributed by atoms with van der Waals surface area (Å²) in [5, 5.41) is 6.93. The summed E-state index contributed by atoms with van der Waals surface area (Å²) in [5.41, 5.74) is 1.66. The van der Waals surface area contributed by atoms with Crippen molar-refractivity contribution in [2.75, 3.05) is 18.4 Å². The van der Waals surface area contributed by atoms with Crippen LogP contribution in [-0.4, -0.2) is 41.9 Å². The molecule has 1 saturated heterocycles. The van der Waals surface area contributed by atoms with Crippen LogP contribution in [0.3, 0.4) is 0 Å². The Labute approximate surface area is 207 Å². The van der Waals surface area contributed by atoms with Gasteiger partial charge in [0.25, 0.3) is 0 Å². The van der Waals surface area contributed by atoms with Gasteiger partial charge < -0.3 is 9.84 Å². The normalized spacial score (nSPS) is 17.1. The van der Waals surface area contributed by atoms with E-state index < -0.39 is 15.9 Å². The molecule has 0 bridgehead atoms. The van der Waals surface area contributed by atoms with Crippen LogP contribution in [-0.2, 0) is 21.2 Å². The molecule has 1 aliphatic rings. The number of halogens is 1. The van der Waals surface area contributed by atoms with Gasteiger partial charge >= 0.3 is 0 Å². The van der Waals surface area contributed by atoms with E-state index in [0.717, 1.165) is 10.0 Å². The molecule has 0 aliphatic carbocycles. The minimum Gasteiger partial charge on any atom is -0.339 e. The number of carbonyl (C=O) groups is 1. The van der Waals surface area contributed by atoms with Crippen molar-refractivity contribution in [3.63, 3.8) is 0 Å². The molecule has 180 valence electrons. The second-order valence-corrected chi connectivity index (χ2v) is 11.6. The van der Waals surface area contributed by atoms with Crippen LogP contribution in [0.5, 0.6) is 0 Å². The highest BCUT2D eigenvalue weighted by Crippen LogP contribution is 2.26. The van der Waals surface area contributed by atoms with Gasteiger partial charge in [0.2, 0.25) is 21.8 Å². The molecule has 3 aromatic rings. The Hall–Kier alpha value is -2.56. The smallest absolute Gasteiger partial charge is 0.243 e. The Balaban J connectivity index is 1.36. The fourth-order valence-electron chi connectivity index (χ4n) is 3.84. The summed E-state index contributed by atoms with van der Waals surface area (Å²) in [6, 6.07) is 14.0. The first kappa shape index (κ1) is 24.6. The van der Waals surface area contributed by atoms with Crippen LogP contribution < -0.4 is 5.32 Å². The van der Waals surface area contributed by atoms with E-state index >= 15 is 0 Å². The molecular formula is C24H27BrN4O4S. The van der Waals surface area contributed by atoms with E-state index in [2.05, 4.69) is 31.4 Å². The topological polar surface area (TPSA) is 105 Å². The third-order valence-electron chi connectivity index (χ3n) is 5.77. The summed E-state index contributed by atoms with van der Waals surface area (Å²) in [4.78, 5) is 17.5. The van der Waals surface area contributed by atoms with Gasteiger partial charge in [-0.25, -0.2) is 8.42 Å². The van der Waals surface area contributed by atoms with Crippen LogP contribution in [0.4, 0.5) is 5.69 Å². The first-order valence-corrected chi connectivity index (χ1v) is 13.4. The quantitative estimate of drug-likeness (QED) is 0.464. The molecule has 8 nitrogen and oxygen atoms in total. The maximum Gasteiger partial charge on any atom is 0.243 e. The van der Waals surface area contributed by atoms with Crippen molar-refractivity contribution in [1.29, 1.82) is 0 Å². The molecular weight excluding hydrogens is 520 g/mol. The number of nitrogens with zero attached hydrogens (tertiary/aromatic N) is 3. The molecule has 1 atom stereocenters. The van der Waals surface area contributed by atoms with Crippen molar-refractivity contribution >= 4 is 37.5 Å². The zero-order chi connectivity index (χ0) is 24.3. The minimum atomic E-state index is -3.64. The van der Waals surface area contributed by atoms with E-state index in [1.807, 2.05) is 38.1 Å². The van der Waals surface area contributed by atoms with E-state index in [-0.39, 0.29) is 23.3 Å². The summed E-state index contributed by atoms with van der Waals surface area (Å²) < 4.78 is 33.5. The average Bonchev–Trinajstić information content (AvgIpc) is 3.30. The number of carbonyl (C=O) groups excluding carboxylic acids is 1. The number of amides is 1. The average molecular weight is 547 g/mol. The molecule has 1 fully saturated rings. The van der Waals surface area contributed by atoms with Gasteiger partial charge in [0.15, 0.2) is 5.82 Å². The Morgan fingerprint density at radius 2 is 1.88 bits per heavy atom. The van der Waals surface area contributed by atoms with Gasteiger partial charge in [0, 0.05) is 35.6 Å². The minimum absolute atomic E-state index is 0.165. The molecule has 2 aromatic carbocycles. The number of benzene rings is 2. The van der Waals surface area contributed by atoms with E-state index in [1.165, 1.54) is 4.31 Å². The van der Waals surface area contributed by atoms with Crippen LogP contribution >= 0.6 is 15.9 Å². The summed E-state index contributed by atoms with van der Waals surface area (Å²) in [7, 11) is -3.64. The maximum absolute atomic E-state index is 13.0. The van der Waals surface area contributed by atoms with Gasteiger partial charge in [0.1, 0.15) is 0 Å². The fourth-order valence-corrected chi connectivity index (χ4v) is 5.63. The molecule has 0 saturated carbocycles. The number of rotatable bonds is 7. The summed E-state index contributed by atoms with van der Waals surface area (Å²) in [6.07, 6.45) is 1.82. The van der Waals surface area contributed by atoms with Crippen molar-refractivity contribution < 1.29 is 17.7 Å². The van der Waals surface area contributed by atoms with Crippen LogP contribution in [0.15, 0.2) is 62.4 Å². The number of aromatic nitrogens is 2. The molecule has 2 heterocycles. The monoisotopic (exact) mass is 546 g/mol. The Bertz CT molecular complexity index is 1240. The number of piperidine rings is 1. The number of anilines is 1. The molecule has 0 unspecified atom stereocenters. The van der Waals surface area contributed by atoms with Crippen LogP contribution in [0, 0.1) is 5.92 Å². The lowest BCUT2D eigenvalue weighted by molar-refractivity contribution is -0.120. The van der Waals surface area contributed by atoms with Crippen LogP contribution in [0.25, 0.3) is 0 Å². The molecule has 1 aromatic heterocycles. The number of hydrogen-bond donors (Lipinski definition) is 1. The van der Waals surface area contributed by atoms with Gasteiger partial charge in [-0.1, -0.05) is 47.1 Å². The second-order valence-electron chi connectivity index (χ2n) is 8.72. The fraction of sp³-hybridized carbons (Fsp3) is 0.375. The highest BCUT2D eigenvalue weighted by atomic mass is 79.9. The van der Waals surface area contributed by atoms with Crippen molar-refractivity contribution in [2.24, 2.45) is 5.92 Å².